The van der Waals surface area contributed by atoms with E-state index in [1.54, 1.807) is 13.3 Å². The topological polar surface area (TPSA) is 50.4 Å². The van der Waals surface area contributed by atoms with Crippen molar-refractivity contribution in [2.75, 3.05) is 26.8 Å². The fourth-order valence-corrected chi connectivity index (χ4v) is 2.94. The Hall–Kier alpha value is -1.85. The van der Waals surface area contributed by atoms with Gasteiger partial charge in [-0.3, -0.25) is 10.00 Å². The molecule has 0 bridgehead atoms. The van der Waals surface area contributed by atoms with Crippen molar-refractivity contribution in [2.45, 2.75) is 25.5 Å². The molecule has 1 fully saturated rings. The molecule has 1 aliphatic rings. The SMILES string of the molecule is CO[C@@]1(COc2cccc(C)c2)CCN(Cc2ccn[nH]2)C1. The van der Waals surface area contributed by atoms with Crippen molar-refractivity contribution in [2.24, 2.45) is 0 Å². The molecule has 1 aromatic carbocycles. The molecule has 1 aromatic heterocycles. The van der Waals surface area contributed by atoms with Crippen molar-refractivity contribution < 1.29 is 9.47 Å². The van der Waals surface area contributed by atoms with Crippen molar-refractivity contribution in [3.05, 3.63) is 47.8 Å². The third-order valence-corrected chi connectivity index (χ3v) is 4.27. The van der Waals surface area contributed by atoms with Gasteiger partial charge in [0.1, 0.15) is 18.0 Å². The van der Waals surface area contributed by atoms with Gasteiger partial charge in [0.2, 0.25) is 0 Å². The van der Waals surface area contributed by atoms with Gasteiger partial charge in [-0.15, -0.1) is 0 Å². The Morgan fingerprint density at radius 2 is 2.27 bits per heavy atom. The van der Waals surface area contributed by atoms with Gasteiger partial charge in [0.25, 0.3) is 0 Å². The van der Waals surface area contributed by atoms with E-state index in [4.69, 9.17) is 9.47 Å². The van der Waals surface area contributed by atoms with Crippen LogP contribution >= 0.6 is 0 Å². The van der Waals surface area contributed by atoms with Crippen LogP contribution in [0.5, 0.6) is 5.75 Å². The summed E-state index contributed by atoms with van der Waals surface area (Å²) < 4.78 is 11.8. The Balaban J connectivity index is 1.58. The molecule has 2 heterocycles. The summed E-state index contributed by atoms with van der Waals surface area (Å²) in [5.74, 6) is 0.906. The maximum Gasteiger partial charge on any atom is 0.119 e. The van der Waals surface area contributed by atoms with Crippen LogP contribution in [0.3, 0.4) is 0 Å². The van der Waals surface area contributed by atoms with Crippen molar-refractivity contribution in [1.29, 1.82) is 0 Å². The zero-order valence-corrected chi connectivity index (χ0v) is 13.2. The molecular formula is C17H23N3O2. The number of benzene rings is 1. The molecule has 0 saturated carbocycles. The quantitative estimate of drug-likeness (QED) is 0.890. The number of aromatic amines is 1. The lowest BCUT2D eigenvalue weighted by Crippen LogP contribution is -2.41. The maximum absolute atomic E-state index is 5.98. The normalized spacial score (nSPS) is 22.1. The molecule has 118 valence electrons. The highest BCUT2D eigenvalue weighted by Crippen LogP contribution is 2.27. The maximum atomic E-state index is 5.98. The average molecular weight is 301 g/mol. The van der Waals surface area contributed by atoms with Crippen molar-refractivity contribution >= 4 is 0 Å². The lowest BCUT2D eigenvalue weighted by atomic mass is 10.0. The summed E-state index contributed by atoms with van der Waals surface area (Å²) in [4.78, 5) is 2.37. The lowest BCUT2D eigenvalue weighted by molar-refractivity contribution is -0.0360. The van der Waals surface area contributed by atoms with Crippen LogP contribution < -0.4 is 4.74 Å². The highest BCUT2D eigenvalue weighted by Gasteiger charge is 2.39. The average Bonchev–Trinajstić information content (AvgIpc) is 3.16. The second-order valence-electron chi connectivity index (χ2n) is 6.03. The van der Waals surface area contributed by atoms with Crippen molar-refractivity contribution in [3.8, 4) is 5.75 Å². The van der Waals surface area contributed by atoms with E-state index in [0.717, 1.165) is 37.5 Å². The van der Waals surface area contributed by atoms with Crippen LogP contribution in [-0.2, 0) is 11.3 Å². The van der Waals surface area contributed by atoms with Crippen LogP contribution in [0.4, 0.5) is 0 Å². The van der Waals surface area contributed by atoms with Gasteiger partial charge in [-0.05, 0) is 37.1 Å². The van der Waals surface area contributed by atoms with E-state index in [9.17, 15) is 0 Å². The molecule has 1 atom stereocenters. The van der Waals surface area contributed by atoms with Gasteiger partial charge in [-0.1, -0.05) is 12.1 Å². The number of hydrogen-bond donors (Lipinski definition) is 1. The molecule has 2 aromatic rings. The number of aryl methyl sites for hydroxylation is 1. The van der Waals surface area contributed by atoms with Gasteiger partial charge >= 0.3 is 0 Å². The van der Waals surface area contributed by atoms with E-state index in [2.05, 4.69) is 34.2 Å². The van der Waals surface area contributed by atoms with E-state index in [1.807, 2.05) is 18.2 Å². The third kappa shape index (κ3) is 3.48. The molecule has 1 aliphatic heterocycles. The van der Waals surface area contributed by atoms with Crippen LogP contribution in [-0.4, -0.2) is 47.5 Å². The largest absolute Gasteiger partial charge is 0.491 e. The van der Waals surface area contributed by atoms with E-state index >= 15 is 0 Å². The van der Waals surface area contributed by atoms with Gasteiger partial charge in [-0.2, -0.15) is 5.10 Å². The van der Waals surface area contributed by atoms with E-state index in [1.165, 1.54) is 5.56 Å². The fraction of sp³-hybridized carbons (Fsp3) is 0.471. The summed E-state index contributed by atoms with van der Waals surface area (Å²) in [6.07, 6.45) is 2.76. The molecule has 5 nitrogen and oxygen atoms in total. The number of ether oxygens (including phenoxy) is 2. The standard InChI is InChI=1S/C17H23N3O2/c1-14-4-3-5-16(10-14)22-13-17(21-2)7-9-20(12-17)11-15-6-8-18-19-15/h3-6,8,10H,7,9,11-13H2,1-2H3,(H,18,19)/t17-/m0/s1. The predicted octanol–water partition coefficient (Wildman–Crippen LogP) is 2.39. The van der Waals surface area contributed by atoms with Gasteiger partial charge in [-0.25, -0.2) is 0 Å². The van der Waals surface area contributed by atoms with Crippen molar-refractivity contribution in [3.63, 3.8) is 0 Å². The minimum absolute atomic E-state index is 0.232. The summed E-state index contributed by atoms with van der Waals surface area (Å²) in [7, 11) is 1.78. The van der Waals surface area contributed by atoms with E-state index in [-0.39, 0.29) is 5.60 Å². The molecule has 0 spiro atoms. The highest BCUT2D eigenvalue weighted by atomic mass is 16.5. The first-order chi connectivity index (χ1) is 10.7. The molecule has 0 amide bonds. The number of H-pyrrole nitrogens is 1. The van der Waals surface area contributed by atoms with Crippen LogP contribution in [0.25, 0.3) is 0 Å². The minimum atomic E-state index is -0.232. The first-order valence-corrected chi connectivity index (χ1v) is 7.64. The molecule has 1 saturated heterocycles. The first-order valence-electron chi connectivity index (χ1n) is 7.64. The van der Waals surface area contributed by atoms with Gasteiger partial charge < -0.3 is 9.47 Å². The van der Waals surface area contributed by atoms with Gasteiger partial charge in [0, 0.05) is 38.6 Å². The predicted molar refractivity (Wildman–Crippen MR) is 84.9 cm³/mol. The smallest absolute Gasteiger partial charge is 0.119 e. The second kappa shape index (κ2) is 6.50. The Morgan fingerprint density at radius 3 is 3.00 bits per heavy atom. The summed E-state index contributed by atoms with van der Waals surface area (Å²) in [5, 5.41) is 7.01. The zero-order chi connectivity index (χ0) is 15.4. The molecule has 0 radical (unpaired) electrons. The minimum Gasteiger partial charge on any atom is -0.491 e. The van der Waals surface area contributed by atoms with Crippen LogP contribution in [0.15, 0.2) is 36.5 Å². The van der Waals surface area contributed by atoms with E-state index in [0.29, 0.717) is 6.61 Å². The zero-order valence-electron chi connectivity index (χ0n) is 13.2. The second-order valence-corrected chi connectivity index (χ2v) is 6.03. The molecule has 5 heteroatoms. The lowest BCUT2D eigenvalue weighted by Gasteiger charge is -2.28. The monoisotopic (exact) mass is 301 g/mol. The number of aromatic nitrogens is 2. The molecule has 0 unspecified atom stereocenters. The Kier molecular flexibility index (Phi) is 4.45. The number of methoxy groups -OCH3 is 1. The van der Waals surface area contributed by atoms with Crippen LogP contribution in [0, 0.1) is 6.92 Å². The number of nitrogens with one attached hydrogen (secondary N) is 1. The van der Waals surface area contributed by atoms with Crippen LogP contribution in [0.1, 0.15) is 17.7 Å². The Morgan fingerprint density at radius 1 is 1.36 bits per heavy atom. The molecule has 3 rings (SSSR count). The van der Waals surface area contributed by atoms with E-state index < -0.39 is 0 Å². The molecule has 1 N–H and O–H groups in total. The Labute approximate surface area is 131 Å². The fourth-order valence-electron chi connectivity index (χ4n) is 2.94. The van der Waals surface area contributed by atoms with Crippen molar-refractivity contribution in [1.82, 2.24) is 15.1 Å². The number of rotatable bonds is 6. The first kappa shape index (κ1) is 15.1. The summed E-state index contributed by atoms with van der Waals surface area (Å²) in [6, 6.07) is 10.1. The summed E-state index contributed by atoms with van der Waals surface area (Å²) in [5.41, 5.74) is 2.10. The highest BCUT2D eigenvalue weighted by molar-refractivity contribution is 5.27. The number of nitrogens with zero attached hydrogens (tertiary/aromatic N) is 2. The third-order valence-electron chi connectivity index (χ3n) is 4.27. The molecule has 22 heavy (non-hydrogen) atoms. The Bertz CT molecular complexity index is 600. The number of likely N-dealkylation sites (tertiary alicyclic amines) is 1. The van der Waals surface area contributed by atoms with Gasteiger partial charge in [0.15, 0.2) is 0 Å². The molecule has 0 aliphatic carbocycles. The summed E-state index contributed by atoms with van der Waals surface area (Å²) in [6.45, 7) is 5.39. The number of hydrogen-bond acceptors (Lipinski definition) is 4. The van der Waals surface area contributed by atoms with Crippen LogP contribution in [0.2, 0.25) is 0 Å². The molecular weight excluding hydrogens is 278 g/mol. The van der Waals surface area contributed by atoms with Gasteiger partial charge in [0.05, 0.1) is 0 Å². The summed E-state index contributed by atoms with van der Waals surface area (Å²) >= 11 is 0.